The van der Waals surface area contributed by atoms with Gasteiger partial charge in [-0.1, -0.05) is 61.2 Å². The van der Waals surface area contributed by atoms with Crippen molar-refractivity contribution in [2.24, 2.45) is 11.7 Å². The van der Waals surface area contributed by atoms with Gasteiger partial charge in [-0.25, -0.2) is 0 Å². The highest BCUT2D eigenvalue weighted by molar-refractivity contribution is 6.31. The van der Waals surface area contributed by atoms with Crippen molar-refractivity contribution in [3.63, 3.8) is 0 Å². The van der Waals surface area contributed by atoms with Crippen LogP contribution in [-0.4, -0.2) is 12.6 Å². The molecule has 0 heterocycles. The average Bonchev–Trinajstić information content (AvgIpc) is 2.67. The van der Waals surface area contributed by atoms with Crippen LogP contribution in [0.3, 0.4) is 0 Å². The van der Waals surface area contributed by atoms with Gasteiger partial charge in [-0.3, -0.25) is 0 Å². The second-order valence-electron chi connectivity index (χ2n) is 6.99. The summed E-state index contributed by atoms with van der Waals surface area (Å²) in [5.74, 6) is 1.57. The van der Waals surface area contributed by atoms with Gasteiger partial charge in [-0.2, -0.15) is 0 Å². The lowest BCUT2D eigenvalue weighted by Gasteiger charge is -2.31. The molecule has 3 rings (SSSR count). The van der Waals surface area contributed by atoms with Crippen molar-refractivity contribution in [2.75, 3.05) is 6.54 Å². The van der Waals surface area contributed by atoms with E-state index in [1.807, 2.05) is 36.4 Å². The van der Waals surface area contributed by atoms with Crippen LogP contribution in [0.2, 0.25) is 5.02 Å². The molecule has 0 aromatic heterocycles. The highest BCUT2D eigenvalue weighted by Crippen LogP contribution is 2.36. The van der Waals surface area contributed by atoms with E-state index in [2.05, 4.69) is 12.1 Å². The predicted molar refractivity (Wildman–Crippen MR) is 106 cm³/mol. The van der Waals surface area contributed by atoms with Crippen molar-refractivity contribution >= 4 is 11.6 Å². The Morgan fingerprint density at radius 3 is 2.52 bits per heavy atom. The Labute approximate surface area is 156 Å². The highest BCUT2D eigenvalue weighted by atomic mass is 35.5. The molecular formula is C22H28ClNO. The lowest BCUT2D eigenvalue weighted by Crippen LogP contribution is -2.29. The predicted octanol–water partition coefficient (Wildman–Crippen LogP) is 6.07. The topological polar surface area (TPSA) is 35.2 Å². The third kappa shape index (κ3) is 4.99. The number of benzene rings is 2. The highest BCUT2D eigenvalue weighted by Gasteiger charge is 2.25. The summed E-state index contributed by atoms with van der Waals surface area (Å²) < 4.78 is 6.58. The number of halogens is 1. The maximum atomic E-state index is 6.58. The third-order valence-electron chi connectivity index (χ3n) is 5.17. The number of hydrogen-bond acceptors (Lipinski definition) is 2. The molecule has 1 unspecified atom stereocenters. The van der Waals surface area contributed by atoms with Gasteiger partial charge in [0.2, 0.25) is 0 Å². The first-order valence-electron chi connectivity index (χ1n) is 9.49. The smallest absolute Gasteiger partial charge is 0.127 e. The van der Waals surface area contributed by atoms with Crippen LogP contribution in [0.4, 0.5) is 0 Å². The molecule has 0 radical (unpaired) electrons. The summed E-state index contributed by atoms with van der Waals surface area (Å²) in [6, 6.07) is 16.3. The van der Waals surface area contributed by atoms with E-state index < -0.39 is 0 Å². The molecule has 0 aliphatic heterocycles. The monoisotopic (exact) mass is 357 g/mol. The summed E-state index contributed by atoms with van der Waals surface area (Å²) in [5, 5.41) is 0.738. The SMILES string of the molecule is NCCCC(Oc1ccc(Cl)cc1-c1ccccc1)C1CCCCC1. The molecule has 0 spiro atoms. The number of hydrogen-bond donors (Lipinski definition) is 1. The summed E-state index contributed by atoms with van der Waals surface area (Å²) in [6.07, 6.45) is 8.81. The normalized spacial score (nSPS) is 16.6. The van der Waals surface area contributed by atoms with E-state index in [0.717, 1.165) is 41.3 Å². The quantitative estimate of drug-likeness (QED) is 0.652. The van der Waals surface area contributed by atoms with E-state index in [-0.39, 0.29) is 6.10 Å². The fraction of sp³-hybridized carbons (Fsp3) is 0.455. The summed E-state index contributed by atoms with van der Waals surface area (Å²) in [5.41, 5.74) is 7.98. The molecule has 0 saturated heterocycles. The molecule has 1 atom stereocenters. The summed E-state index contributed by atoms with van der Waals surface area (Å²) >= 11 is 6.26. The first kappa shape index (κ1) is 18.3. The minimum atomic E-state index is 0.243. The molecule has 2 nitrogen and oxygen atoms in total. The summed E-state index contributed by atoms with van der Waals surface area (Å²) in [6.45, 7) is 0.721. The standard InChI is InChI=1S/C22H28ClNO/c23-19-13-14-22(20(16-19)17-8-3-1-4-9-17)25-21(12-7-15-24)18-10-5-2-6-11-18/h1,3-4,8-9,13-14,16,18,21H,2,5-7,10-12,15,24H2. The van der Waals surface area contributed by atoms with E-state index in [9.17, 15) is 0 Å². The van der Waals surface area contributed by atoms with Crippen LogP contribution < -0.4 is 10.5 Å². The van der Waals surface area contributed by atoms with Gasteiger partial charge in [-0.15, -0.1) is 0 Å². The molecule has 1 aliphatic rings. The number of ether oxygens (including phenoxy) is 1. The van der Waals surface area contributed by atoms with Crippen LogP contribution in [-0.2, 0) is 0 Å². The summed E-state index contributed by atoms with van der Waals surface area (Å²) in [7, 11) is 0. The Morgan fingerprint density at radius 2 is 1.80 bits per heavy atom. The first-order valence-corrected chi connectivity index (χ1v) is 9.87. The van der Waals surface area contributed by atoms with Crippen molar-refractivity contribution in [1.29, 1.82) is 0 Å². The maximum absolute atomic E-state index is 6.58. The molecule has 0 bridgehead atoms. The van der Waals surface area contributed by atoms with Gasteiger partial charge in [0.25, 0.3) is 0 Å². The fourth-order valence-corrected chi connectivity index (χ4v) is 4.00. The Bertz CT molecular complexity index is 652. The molecular weight excluding hydrogens is 330 g/mol. The molecule has 25 heavy (non-hydrogen) atoms. The first-order chi connectivity index (χ1) is 12.3. The van der Waals surface area contributed by atoms with Gasteiger partial charge >= 0.3 is 0 Å². The molecule has 1 aliphatic carbocycles. The molecule has 134 valence electrons. The lowest BCUT2D eigenvalue weighted by atomic mass is 9.83. The third-order valence-corrected chi connectivity index (χ3v) is 5.41. The molecule has 1 saturated carbocycles. The Morgan fingerprint density at radius 1 is 1.04 bits per heavy atom. The van der Waals surface area contributed by atoms with E-state index in [4.69, 9.17) is 22.1 Å². The fourth-order valence-electron chi connectivity index (χ4n) is 3.83. The number of rotatable bonds is 7. The van der Waals surface area contributed by atoms with E-state index in [0.29, 0.717) is 5.92 Å². The molecule has 3 heteroatoms. The van der Waals surface area contributed by atoms with Gasteiger partial charge in [-0.05, 0) is 61.9 Å². The van der Waals surface area contributed by atoms with Crippen molar-refractivity contribution in [1.82, 2.24) is 0 Å². The van der Waals surface area contributed by atoms with E-state index in [1.54, 1.807) is 0 Å². The minimum absolute atomic E-state index is 0.243. The van der Waals surface area contributed by atoms with Crippen LogP contribution in [0, 0.1) is 5.92 Å². The number of nitrogens with two attached hydrogens (primary N) is 1. The maximum Gasteiger partial charge on any atom is 0.127 e. The second kappa shape index (κ2) is 9.26. The Balaban J connectivity index is 1.85. The zero-order valence-electron chi connectivity index (χ0n) is 14.8. The van der Waals surface area contributed by atoms with Crippen molar-refractivity contribution in [2.45, 2.75) is 51.0 Å². The zero-order chi connectivity index (χ0) is 17.5. The van der Waals surface area contributed by atoms with Crippen LogP contribution in [0.5, 0.6) is 5.75 Å². The van der Waals surface area contributed by atoms with Crippen molar-refractivity contribution in [3.05, 3.63) is 53.6 Å². The van der Waals surface area contributed by atoms with Crippen LogP contribution >= 0.6 is 11.6 Å². The van der Waals surface area contributed by atoms with Gasteiger partial charge in [0, 0.05) is 10.6 Å². The lowest BCUT2D eigenvalue weighted by molar-refractivity contribution is 0.0988. The van der Waals surface area contributed by atoms with Crippen LogP contribution in [0.1, 0.15) is 44.9 Å². The van der Waals surface area contributed by atoms with Crippen LogP contribution in [0.15, 0.2) is 48.5 Å². The van der Waals surface area contributed by atoms with Gasteiger partial charge in [0.15, 0.2) is 0 Å². The van der Waals surface area contributed by atoms with Gasteiger partial charge < -0.3 is 10.5 Å². The molecule has 2 aromatic carbocycles. The van der Waals surface area contributed by atoms with E-state index >= 15 is 0 Å². The van der Waals surface area contributed by atoms with E-state index in [1.165, 1.54) is 32.1 Å². The molecule has 2 N–H and O–H groups in total. The molecule has 0 amide bonds. The van der Waals surface area contributed by atoms with Gasteiger partial charge in [0.05, 0.1) is 0 Å². The second-order valence-corrected chi connectivity index (χ2v) is 7.43. The van der Waals surface area contributed by atoms with Gasteiger partial charge in [0.1, 0.15) is 11.9 Å². The van der Waals surface area contributed by atoms with Crippen molar-refractivity contribution < 1.29 is 4.74 Å². The Kier molecular flexibility index (Phi) is 6.77. The molecule has 2 aromatic rings. The zero-order valence-corrected chi connectivity index (χ0v) is 15.5. The summed E-state index contributed by atoms with van der Waals surface area (Å²) in [4.78, 5) is 0. The van der Waals surface area contributed by atoms with Crippen LogP contribution in [0.25, 0.3) is 11.1 Å². The minimum Gasteiger partial charge on any atom is -0.489 e. The Hall–Kier alpha value is -1.51. The van der Waals surface area contributed by atoms with Crippen molar-refractivity contribution in [3.8, 4) is 16.9 Å². The average molecular weight is 358 g/mol. The molecule has 1 fully saturated rings. The largest absolute Gasteiger partial charge is 0.489 e.